The number of carbonyl (C=O) groups excluding carboxylic acids is 2. The topological polar surface area (TPSA) is 83.4 Å². The van der Waals surface area contributed by atoms with Gasteiger partial charge >= 0.3 is 0 Å². The molecule has 0 saturated heterocycles. The predicted octanol–water partition coefficient (Wildman–Crippen LogP) is 6.81. The first kappa shape index (κ1) is 25.8. The van der Waals surface area contributed by atoms with Gasteiger partial charge in [0, 0.05) is 16.3 Å². The molecule has 1 aliphatic rings. The van der Waals surface area contributed by atoms with Crippen LogP contribution in [-0.2, 0) is 15.3 Å². The summed E-state index contributed by atoms with van der Waals surface area (Å²) in [6.45, 7) is 0. The quantitative estimate of drug-likeness (QED) is 0.144. The van der Waals surface area contributed by atoms with Gasteiger partial charge in [0.2, 0.25) is 5.13 Å². The fraction of sp³-hybridized carbons (Fsp3) is 0.0714. The third-order valence-corrected chi connectivity index (χ3v) is 8.28. The molecule has 0 saturated carbocycles. The zero-order chi connectivity index (χ0) is 26.6. The van der Waals surface area contributed by atoms with Crippen LogP contribution >= 0.6 is 34.7 Å². The number of carbonyl (C=O) groups is 2. The molecule has 0 bridgehead atoms. The van der Waals surface area contributed by atoms with Crippen LogP contribution in [0.4, 0.5) is 9.52 Å². The number of ketones is 1. The molecule has 10 heteroatoms. The second-order valence-electron chi connectivity index (χ2n) is 8.20. The zero-order valence-corrected chi connectivity index (χ0v) is 22.0. The van der Waals surface area contributed by atoms with Crippen LogP contribution in [0.2, 0.25) is 5.02 Å². The van der Waals surface area contributed by atoms with Crippen molar-refractivity contribution in [2.75, 3.05) is 4.90 Å². The Morgan fingerprint density at radius 3 is 2.53 bits per heavy atom. The molecular weight excluding hydrogens is 545 g/mol. The van der Waals surface area contributed by atoms with E-state index in [0.717, 1.165) is 27.4 Å². The molecule has 4 aromatic rings. The van der Waals surface area contributed by atoms with E-state index in [4.69, 9.17) is 11.6 Å². The van der Waals surface area contributed by atoms with Crippen molar-refractivity contribution in [2.24, 2.45) is 0 Å². The fourth-order valence-electron chi connectivity index (χ4n) is 3.98. The highest BCUT2D eigenvalue weighted by Gasteiger charge is 2.46. The van der Waals surface area contributed by atoms with Crippen LogP contribution in [0.1, 0.15) is 22.7 Å². The van der Waals surface area contributed by atoms with Crippen LogP contribution in [-0.4, -0.2) is 27.0 Å². The van der Waals surface area contributed by atoms with Crippen molar-refractivity contribution in [3.05, 3.63) is 124 Å². The van der Waals surface area contributed by atoms with Gasteiger partial charge in [0.25, 0.3) is 5.91 Å². The first-order chi connectivity index (χ1) is 18.4. The first-order valence-corrected chi connectivity index (χ1v) is 13.6. The number of benzene rings is 3. The summed E-state index contributed by atoms with van der Waals surface area (Å²) in [6.07, 6.45) is 2.83. The number of aliphatic hydroxyl groups excluding tert-OH is 1. The highest BCUT2D eigenvalue weighted by atomic mass is 35.5. The molecule has 1 aromatic heterocycles. The molecule has 2 heterocycles. The third kappa shape index (κ3) is 5.26. The molecular formula is C28H19ClFN3O3S2. The number of hydrogen-bond acceptors (Lipinski definition) is 7. The third-order valence-electron chi connectivity index (χ3n) is 5.81. The normalized spacial score (nSPS) is 15.6. The van der Waals surface area contributed by atoms with Gasteiger partial charge in [-0.2, -0.15) is 0 Å². The summed E-state index contributed by atoms with van der Waals surface area (Å²) in [6, 6.07) is 21.1. The summed E-state index contributed by atoms with van der Waals surface area (Å²) in [7, 11) is 0. The van der Waals surface area contributed by atoms with E-state index in [9.17, 15) is 14.7 Å². The molecule has 0 radical (unpaired) electrons. The summed E-state index contributed by atoms with van der Waals surface area (Å²) in [5.41, 5.74) is 1.50. The van der Waals surface area contributed by atoms with E-state index in [2.05, 4.69) is 10.2 Å². The molecule has 1 N–H and O–H groups in total. The molecule has 38 heavy (non-hydrogen) atoms. The van der Waals surface area contributed by atoms with Crippen molar-refractivity contribution in [3.63, 3.8) is 0 Å². The van der Waals surface area contributed by atoms with Crippen molar-refractivity contribution in [1.82, 2.24) is 10.2 Å². The standard InChI is InChI=1S/C28H19ClFN3O3S2/c29-20-12-6-4-10-18(20)16-37-28-32-31-27(38-28)33-24(19-11-5-7-13-21(19)30)23(25(35)26(33)36)22(34)15-14-17-8-2-1-3-9-17/h1-15,24,35H,16H2. The van der Waals surface area contributed by atoms with Crippen LogP contribution in [0.5, 0.6) is 0 Å². The average Bonchev–Trinajstić information content (AvgIpc) is 3.49. The van der Waals surface area contributed by atoms with Gasteiger partial charge in [-0.3, -0.25) is 14.5 Å². The lowest BCUT2D eigenvalue weighted by Gasteiger charge is -2.24. The first-order valence-electron chi connectivity index (χ1n) is 11.4. The van der Waals surface area contributed by atoms with Gasteiger partial charge in [-0.15, -0.1) is 10.2 Å². The SMILES string of the molecule is O=C(C=Cc1ccccc1)C1=C(O)C(=O)N(c2nnc(SCc3ccccc3Cl)s2)C1c1ccccc1F. The second-order valence-corrected chi connectivity index (χ2v) is 10.8. The molecule has 1 unspecified atom stereocenters. The number of anilines is 1. The van der Waals surface area contributed by atoms with Gasteiger partial charge in [0.1, 0.15) is 11.9 Å². The maximum Gasteiger partial charge on any atom is 0.296 e. The number of hydrogen-bond donors (Lipinski definition) is 1. The molecule has 3 aromatic carbocycles. The van der Waals surface area contributed by atoms with Crippen LogP contribution in [0.25, 0.3) is 6.08 Å². The Bertz CT molecular complexity index is 1570. The highest BCUT2D eigenvalue weighted by Crippen LogP contribution is 2.44. The minimum Gasteiger partial charge on any atom is -0.503 e. The molecule has 6 nitrogen and oxygen atoms in total. The Morgan fingerprint density at radius 2 is 1.76 bits per heavy atom. The van der Waals surface area contributed by atoms with Gasteiger partial charge in [0.15, 0.2) is 15.9 Å². The highest BCUT2D eigenvalue weighted by molar-refractivity contribution is 8.00. The van der Waals surface area contributed by atoms with Gasteiger partial charge in [-0.25, -0.2) is 4.39 Å². The van der Waals surface area contributed by atoms with E-state index >= 15 is 4.39 Å². The van der Waals surface area contributed by atoms with Gasteiger partial charge in [0.05, 0.1) is 5.57 Å². The second kappa shape index (κ2) is 11.3. The number of thioether (sulfide) groups is 1. The van der Waals surface area contributed by atoms with E-state index in [-0.39, 0.29) is 16.3 Å². The Kier molecular flexibility index (Phi) is 7.69. The van der Waals surface area contributed by atoms with Crippen LogP contribution < -0.4 is 4.90 Å². The largest absolute Gasteiger partial charge is 0.503 e. The molecule has 0 aliphatic carbocycles. The molecule has 1 aliphatic heterocycles. The van der Waals surface area contributed by atoms with Crippen LogP contribution in [0, 0.1) is 5.82 Å². The summed E-state index contributed by atoms with van der Waals surface area (Å²) in [5, 5.41) is 19.9. The Balaban J connectivity index is 1.47. The van der Waals surface area contributed by atoms with E-state index in [1.165, 1.54) is 36.0 Å². The average molecular weight is 564 g/mol. The molecule has 0 spiro atoms. The summed E-state index contributed by atoms with van der Waals surface area (Å²) in [4.78, 5) is 27.7. The lowest BCUT2D eigenvalue weighted by Crippen LogP contribution is -2.31. The van der Waals surface area contributed by atoms with Crippen LogP contribution in [0.15, 0.2) is 101 Å². The number of allylic oxidation sites excluding steroid dienone is 1. The minimum absolute atomic E-state index is 0.0573. The smallest absolute Gasteiger partial charge is 0.296 e. The number of rotatable bonds is 8. The van der Waals surface area contributed by atoms with Gasteiger partial charge < -0.3 is 5.11 Å². The molecule has 5 rings (SSSR count). The summed E-state index contributed by atoms with van der Waals surface area (Å²) >= 11 is 8.72. The molecule has 0 fully saturated rings. The van der Waals surface area contributed by atoms with Crippen molar-refractivity contribution in [1.29, 1.82) is 0 Å². The number of aromatic nitrogens is 2. The maximum absolute atomic E-state index is 15.0. The van der Waals surface area contributed by atoms with E-state index in [1.807, 2.05) is 48.5 Å². The Morgan fingerprint density at radius 1 is 1.05 bits per heavy atom. The van der Waals surface area contributed by atoms with Crippen LogP contribution in [0.3, 0.4) is 0 Å². The van der Waals surface area contributed by atoms with Gasteiger partial charge in [-0.05, 0) is 29.3 Å². The molecule has 1 amide bonds. The Labute approximate surface area is 231 Å². The molecule has 1 atom stereocenters. The van der Waals surface area contributed by atoms with Crippen molar-refractivity contribution in [3.8, 4) is 0 Å². The number of halogens is 2. The fourth-order valence-corrected chi connectivity index (χ4v) is 6.14. The van der Waals surface area contributed by atoms with E-state index in [0.29, 0.717) is 15.1 Å². The number of aliphatic hydroxyl groups is 1. The van der Waals surface area contributed by atoms with E-state index < -0.39 is 29.3 Å². The lowest BCUT2D eigenvalue weighted by molar-refractivity contribution is -0.117. The molecule has 190 valence electrons. The maximum atomic E-state index is 15.0. The van der Waals surface area contributed by atoms with Crippen molar-refractivity contribution >= 4 is 57.6 Å². The number of nitrogens with zero attached hydrogens (tertiary/aromatic N) is 3. The lowest BCUT2D eigenvalue weighted by atomic mass is 9.95. The summed E-state index contributed by atoms with van der Waals surface area (Å²) < 4.78 is 15.5. The number of amides is 1. The summed E-state index contributed by atoms with van der Waals surface area (Å²) in [5.74, 6) is -2.32. The predicted molar refractivity (Wildman–Crippen MR) is 148 cm³/mol. The zero-order valence-electron chi connectivity index (χ0n) is 19.6. The van der Waals surface area contributed by atoms with Crippen molar-refractivity contribution < 1.29 is 19.1 Å². The minimum atomic E-state index is -1.22. The van der Waals surface area contributed by atoms with E-state index in [1.54, 1.807) is 18.2 Å². The monoisotopic (exact) mass is 563 g/mol. The van der Waals surface area contributed by atoms with Crippen molar-refractivity contribution in [2.45, 2.75) is 16.1 Å². The van der Waals surface area contributed by atoms with Gasteiger partial charge in [-0.1, -0.05) is 108 Å². The Hall–Kier alpha value is -3.79.